The third-order valence-corrected chi connectivity index (χ3v) is 12.2. The summed E-state index contributed by atoms with van der Waals surface area (Å²) in [5, 5.41) is 2.44. The number of hydrogen-bond donors (Lipinski definition) is 0. The van der Waals surface area contributed by atoms with Gasteiger partial charge in [0.05, 0.1) is 18.2 Å². The van der Waals surface area contributed by atoms with Crippen LogP contribution in [0.5, 0.6) is 0 Å². The molecule has 0 heterocycles. The van der Waals surface area contributed by atoms with E-state index in [-0.39, 0.29) is 22.7 Å². The summed E-state index contributed by atoms with van der Waals surface area (Å²) in [4.78, 5) is 7.15. The number of unbranched alkanes of at least 4 members (excludes halogenated alkanes) is 2. The van der Waals surface area contributed by atoms with Crippen LogP contribution in [0.4, 0.5) is 0 Å². The molecule has 0 aliphatic carbocycles. The van der Waals surface area contributed by atoms with E-state index in [9.17, 15) is 0 Å². The van der Waals surface area contributed by atoms with Crippen LogP contribution >= 0.6 is 0 Å². The fourth-order valence-corrected chi connectivity index (χ4v) is 5.51. The van der Waals surface area contributed by atoms with Crippen molar-refractivity contribution in [3.8, 4) is 0 Å². The van der Waals surface area contributed by atoms with E-state index in [1.807, 2.05) is 6.08 Å². The Morgan fingerprint density at radius 3 is 1.89 bits per heavy atom. The summed E-state index contributed by atoms with van der Waals surface area (Å²) in [5.41, 5.74) is 2.16. The van der Waals surface area contributed by atoms with Crippen molar-refractivity contribution in [2.75, 3.05) is 6.61 Å². The van der Waals surface area contributed by atoms with E-state index < -0.39 is 8.32 Å². The van der Waals surface area contributed by atoms with Gasteiger partial charge in [-0.2, -0.15) is 5.06 Å². The van der Waals surface area contributed by atoms with E-state index in [4.69, 9.17) is 9.26 Å². The number of hydrogen-bond acceptors (Lipinski definition) is 3. The predicted octanol–water partition coefficient (Wildman–Crippen LogP) is 9.91. The molecule has 0 fully saturated rings. The smallest absolute Gasteiger partial charge is 0.192 e. The molecule has 0 amide bonds. The van der Waals surface area contributed by atoms with E-state index in [0.717, 1.165) is 25.7 Å². The van der Waals surface area contributed by atoms with Gasteiger partial charge in [0.25, 0.3) is 0 Å². The van der Waals surface area contributed by atoms with Gasteiger partial charge >= 0.3 is 0 Å². The monoisotopic (exact) mass is 523 g/mol. The van der Waals surface area contributed by atoms with Gasteiger partial charge in [0.1, 0.15) is 6.10 Å². The van der Waals surface area contributed by atoms with Gasteiger partial charge in [-0.3, -0.25) is 4.84 Å². The lowest BCUT2D eigenvalue weighted by molar-refractivity contribution is -0.286. The predicted molar refractivity (Wildman–Crippen MR) is 162 cm³/mol. The first-order chi connectivity index (χ1) is 17.3. The summed E-state index contributed by atoms with van der Waals surface area (Å²) in [5.74, 6) is 0.353. The molecule has 2 atom stereocenters. The average molecular weight is 524 g/mol. The Morgan fingerprint density at radius 2 is 1.41 bits per heavy atom. The average Bonchev–Trinajstić information content (AvgIpc) is 2.84. The highest BCUT2D eigenvalue weighted by Gasteiger charge is 2.43. The Labute approximate surface area is 229 Å². The standard InChI is InChI=1S/C33H53NO2Si/c1-11-12-13-20-25-30(28-21-16-14-17-22-28)36-34(31(27(2)3)29-23-18-15-19-24-29)33(7,8)26-35-37(9,10)32(4,5)6/h11,14-19,21-24,27,30-31H,1,12-13,20,25-26H2,2-10H3. The normalized spacial score (nSPS) is 14.7. The highest BCUT2D eigenvalue weighted by Crippen LogP contribution is 2.41. The molecule has 2 unspecified atom stereocenters. The van der Waals surface area contributed by atoms with Crippen LogP contribution < -0.4 is 0 Å². The summed E-state index contributed by atoms with van der Waals surface area (Å²) in [6.07, 6.45) is 6.21. The molecule has 0 aromatic heterocycles. The van der Waals surface area contributed by atoms with Gasteiger partial charge < -0.3 is 4.43 Å². The molecule has 2 aromatic rings. The van der Waals surface area contributed by atoms with Crippen LogP contribution in [-0.4, -0.2) is 25.5 Å². The molecule has 4 heteroatoms. The summed E-state index contributed by atoms with van der Waals surface area (Å²) in [7, 11) is -1.93. The summed E-state index contributed by atoms with van der Waals surface area (Å²) in [6, 6.07) is 21.6. The molecule has 0 N–H and O–H groups in total. The minimum atomic E-state index is -1.93. The molecular weight excluding hydrogens is 470 g/mol. The second-order valence-electron chi connectivity index (χ2n) is 12.9. The minimum Gasteiger partial charge on any atom is -0.415 e. The van der Waals surface area contributed by atoms with E-state index in [2.05, 4.69) is 134 Å². The molecule has 0 aliphatic rings. The van der Waals surface area contributed by atoms with Crippen LogP contribution in [-0.2, 0) is 9.26 Å². The van der Waals surface area contributed by atoms with E-state index in [1.165, 1.54) is 11.1 Å². The van der Waals surface area contributed by atoms with Crippen molar-refractivity contribution in [2.24, 2.45) is 5.92 Å². The lowest BCUT2D eigenvalue weighted by Crippen LogP contribution is -2.54. The Balaban J connectivity index is 2.48. The Kier molecular flexibility index (Phi) is 11.8. The maximum absolute atomic E-state index is 7.15. The van der Waals surface area contributed by atoms with Crippen molar-refractivity contribution in [3.63, 3.8) is 0 Å². The third kappa shape index (κ3) is 9.21. The number of hydroxylamine groups is 2. The van der Waals surface area contributed by atoms with Gasteiger partial charge in [0, 0.05) is 0 Å². The molecule has 0 radical (unpaired) electrons. The van der Waals surface area contributed by atoms with E-state index in [0.29, 0.717) is 12.5 Å². The molecule has 206 valence electrons. The molecule has 2 aromatic carbocycles. The zero-order valence-corrected chi connectivity index (χ0v) is 26.1. The molecule has 0 aliphatic heterocycles. The molecule has 0 saturated carbocycles. The van der Waals surface area contributed by atoms with E-state index >= 15 is 0 Å². The van der Waals surface area contributed by atoms with Crippen molar-refractivity contribution in [3.05, 3.63) is 84.4 Å². The Morgan fingerprint density at radius 1 is 0.865 bits per heavy atom. The topological polar surface area (TPSA) is 21.7 Å². The third-order valence-electron chi connectivity index (χ3n) is 7.75. The zero-order chi connectivity index (χ0) is 27.7. The number of allylic oxidation sites excluding steroid dienone is 1. The minimum absolute atomic E-state index is 0.0249. The lowest BCUT2D eigenvalue weighted by Gasteiger charge is -2.47. The molecule has 37 heavy (non-hydrogen) atoms. The fourth-order valence-electron chi connectivity index (χ4n) is 4.37. The van der Waals surface area contributed by atoms with Crippen LogP contribution in [0.15, 0.2) is 73.3 Å². The second-order valence-corrected chi connectivity index (χ2v) is 17.7. The van der Waals surface area contributed by atoms with Crippen LogP contribution in [0.1, 0.15) is 97.4 Å². The van der Waals surface area contributed by atoms with Crippen molar-refractivity contribution >= 4 is 8.32 Å². The fraction of sp³-hybridized carbons (Fsp3) is 0.576. The number of nitrogens with zero attached hydrogens (tertiary/aromatic N) is 1. The van der Waals surface area contributed by atoms with Gasteiger partial charge in [-0.15, -0.1) is 6.58 Å². The van der Waals surface area contributed by atoms with Crippen molar-refractivity contribution in [1.29, 1.82) is 0 Å². The largest absolute Gasteiger partial charge is 0.415 e. The van der Waals surface area contributed by atoms with Crippen molar-refractivity contribution in [2.45, 2.75) is 110 Å². The van der Waals surface area contributed by atoms with Crippen LogP contribution in [0, 0.1) is 5.92 Å². The zero-order valence-electron chi connectivity index (χ0n) is 25.1. The molecule has 0 spiro atoms. The van der Waals surface area contributed by atoms with Gasteiger partial charge in [-0.05, 0) is 68.3 Å². The SMILES string of the molecule is C=CCCCCC(ON(C(c1ccccc1)C(C)C)C(C)(C)CO[Si](C)(C)C(C)(C)C)c1ccccc1. The van der Waals surface area contributed by atoms with Gasteiger partial charge in [0.2, 0.25) is 0 Å². The maximum Gasteiger partial charge on any atom is 0.192 e. The summed E-state index contributed by atoms with van der Waals surface area (Å²) >= 11 is 0. The maximum atomic E-state index is 7.15. The highest BCUT2D eigenvalue weighted by molar-refractivity contribution is 6.74. The first-order valence-electron chi connectivity index (χ1n) is 14.1. The van der Waals surface area contributed by atoms with Crippen LogP contribution in [0.3, 0.4) is 0 Å². The summed E-state index contributed by atoms with van der Waals surface area (Å²) < 4.78 is 6.81. The summed E-state index contributed by atoms with van der Waals surface area (Å²) in [6.45, 7) is 25.2. The Hall–Kier alpha value is -1.72. The molecule has 0 saturated heterocycles. The van der Waals surface area contributed by atoms with Crippen molar-refractivity contribution in [1.82, 2.24) is 5.06 Å². The highest BCUT2D eigenvalue weighted by atomic mass is 28.4. The van der Waals surface area contributed by atoms with Gasteiger partial charge in [-0.25, -0.2) is 0 Å². The van der Waals surface area contributed by atoms with Gasteiger partial charge in [0.15, 0.2) is 8.32 Å². The second kappa shape index (κ2) is 13.9. The van der Waals surface area contributed by atoms with Crippen molar-refractivity contribution < 1.29 is 9.26 Å². The molecule has 3 nitrogen and oxygen atoms in total. The lowest BCUT2D eigenvalue weighted by atomic mass is 9.92. The Bertz CT molecular complexity index is 918. The van der Waals surface area contributed by atoms with Gasteiger partial charge in [-0.1, -0.05) is 108 Å². The molecule has 0 bridgehead atoms. The number of rotatable bonds is 15. The first-order valence-corrected chi connectivity index (χ1v) is 17.0. The van der Waals surface area contributed by atoms with Crippen LogP contribution in [0.25, 0.3) is 0 Å². The molecule has 2 rings (SSSR count). The van der Waals surface area contributed by atoms with E-state index in [1.54, 1.807) is 0 Å². The first kappa shape index (κ1) is 31.5. The van der Waals surface area contributed by atoms with Crippen LogP contribution in [0.2, 0.25) is 18.1 Å². The molecular formula is C33H53NO2Si. The quantitative estimate of drug-likeness (QED) is 0.100. The number of benzene rings is 2.